The topological polar surface area (TPSA) is 51.2 Å². The zero-order chi connectivity index (χ0) is 13.3. The molecule has 98 valence electrons. The molecule has 0 aliphatic carbocycles. The number of alkyl halides is 3. The summed E-state index contributed by atoms with van der Waals surface area (Å²) in [6.45, 7) is 1.15. The van der Waals surface area contributed by atoms with Gasteiger partial charge in [0.25, 0.3) is 0 Å². The second-order valence-corrected chi connectivity index (χ2v) is 4.22. The number of nitrogens with one attached hydrogen (secondary N) is 1. The average molecular weight is 281 g/mol. The van der Waals surface area contributed by atoms with Crippen molar-refractivity contribution in [2.75, 3.05) is 13.1 Å². The Kier molecular flexibility index (Phi) is 3.45. The second-order valence-electron chi connectivity index (χ2n) is 3.78. The minimum atomic E-state index is -5.04. The first-order valence-electron chi connectivity index (χ1n) is 5.03. The van der Waals surface area contributed by atoms with Crippen molar-refractivity contribution in [3.05, 3.63) is 23.0 Å². The van der Waals surface area contributed by atoms with Crippen molar-refractivity contribution in [2.24, 2.45) is 0 Å². The van der Waals surface area contributed by atoms with Crippen LogP contribution >= 0.6 is 11.6 Å². The highest BCUT2D eigenvalue weighted by molar-refractivity contribution is 6.30. The molecule has 1 aliphatic heterocycles. The maximum atomic E-state index is 12.1. The maximum absolute atomic E-state index is 12.1. The number of pyridine rings is 1. The molecule has 0 aromatic carbocycles. The zero-order valence-corrected chi connectivity index (χ0v) is 9.68. The maximum Gasteiger partial charge on any atom is 0.491 e. The first kappa shape index (κ1) is 13.1. The number of halogens is 4. The Labute approximate surface area is 105 Å². The number of esters is 1. The lowest BCUT2D eigenvalue weighted by atomic mass is 9.98. The van der Waals surface area contributed by atoms with E-state index in [2.05, 4.69) is 15.0 Å². The molecule has 2 rings (SSSR count). The fourth-order valence-electron chi connectivity index (χ4n) is 1.46. The van der Waals surface area contributed by atoms with Crippen LogP contribution in [0.3, 0.4) is 0 Å². The van der Waals surface area contributed by atoms with Crippen molar-refractivity contribution >= 4 is 17.6 Å². The molecule has 1 aromatic rings. The van der Waals surface area contributed by atoms with Gasteiger partial charge in [0.15, 0.2) is 5.75 Å². The molecular formula is C10H8ClF3N2O2. The number of carbonyl (C=O) groups is 1. The largest absolute Gasteiger partial charge is 0.491 e. The summed E-state index contributed by atoms with van der Waals surface area (Å²) in [7, 11) is 0. The molecule has 4 nitrogen and oxygen atoms in total. The highest BCUT2D eigenvalue weighted by atomic mass is 35.5. The van der Waals surface area contributed by atoms with Gasteiger partial charge in [0.2, 0.25) is 0 Å². The number of ether oxygens (including phenoxy) is 1. The van der Waals surface area contributed by atoms with Crippen LogP contribution in [0.2, 0.25) is 5.02 Å². The molecule has 1 aromatic heterocycles. The minimum absolute atomic E-state index is 0.0710. The molecule has 1 saturated heterocycles. The Balaban J connectivity index is 2.25. The van der Waals surface area contributed by atoms with E-state index in [9.17, 15) is 18.0 Å². The molecule has 0 saturated carbocycles. The summed E-state index contributed by atoms with van der Waals surface area (Å²) in [6, 6.07) is 1.16. The van der Waals surface area contributed by atoms with Crippen LogP contribution in [0.4, 0.5) is 13.2 Å². The summed E-state index contributed by atoms with van der Waals surface area (Å²) in [5.41, 5.74) is 0.302. The summed E-state index contributed by atoms with van der Waals surface area (Å²) in [6.07, 6.45) is -3.74. The number of hydrogen-bond acceptors (Lipinski definition) is 4. The van der Waals surface area contributed by atoms with Gasteiger partial charge in [0.1, 0.15) is 0 Å². The average Bonchev–Trinajstić information content (AvgIpc) is 2.17. The first-order valence-corrected chi connectivity index (χ1v) is 5.41. The highest BCUT2D eigenvalue weighted by Crippen LogP contribution is 2.31. The van der Waals surface area contributed by atoms with Crippen LogP contribution in [0.25, 0.3) is 0 Å². The fraction of sp³-hybridized carbons (Fsp3) is 0.400. The van der Waals surface area contributed by atoms with Gasteiger partial charge >= 0.3 is 12.1 Å². The normalized spacial score (nSPS) is 16.2. The summed E-state index contributed by atoms with van der Waals surface area (Å²) in [5.74, 6) is -2.59. The molecule has 0 unspecified atom stereocenters. The van der Waals surface area contributed by atoms with E-state index in [4.69, 9.17) is 11.6 Å². The molecule has 18 heavy (non-hydrogen) atoms. The Morgan fingerprint density at radius 1 is 1.50 bits per heavy atom. The molecule has 1 N–H and O–H groups in total. The van der Waals surface area contributed by atoms with Gasteiger partial charge in [0.05, 0.1) is 10.7 Å². The van der Waals surface area contributed by atoms with Crippen LogP contribution in [0, 0.1) is 0 Å². The molecule has 1 aliphatic rings. The van der Waals surface area contributed by atoms with Crippen LogP contribution < -0.4 is 10.1 Å². The summed E-state index contributed by atoms with van der Waals surface area (Å²) >= 11 is 5.63. The van der Waals surface area contributed by atoms with Crippen molar-refractivity contribution in [3.8, 4) is 5.75 Å². The van der Waals surface area contributed by atoms with E-state index in [0.29, 0.717) is 18.8 Å². The minimum Gasteiger partial charge on any atom is -0.418 e. The molecular weight excluding hydrogens is 273 g/mol. The van der Waals surface area contributed by atoms with E-state index in [-0.39, 0.29) is 16.7 Å². The monoisotopic (exact) mass is 280 g/mol. The van der Waals surface area contributed by atoms with Gasteiger partial charge in [-0.25, -0.2) is 4.79 Å². The van der Waals surface area contributed by atoms with Crippen LogP contribution in [-0.4, -0.2) is 30.2 Å². The quantitative estimate of drug-likeness (QED) is 0.841. The Hall–Kier alpha value is -1.34. The Morgan fingerprint density at radius 3 is 2.67 bits per heavy atom. The van der Waals surface area contributed by atoms with E-state index >= 15 is 0 Å². The first-order chi connectivity index (χ1) is 8.38. The SMILES string of the molecule is O=C(Oc1cc(Cl)cnc1C1CNC1)C(F)(F)F. The molecule has 0 radical (unpaired) electrons. The van der Waals surface area contributed by atoms with Crippen LogP contribution in [0.1, 0.15) is 11.6 Å². The van der Waals surface area contributed by atoms with Gasteiger partial charge in [-0.2, -0.15) is 13.2 Å². The third kappa shape index (κ3) is 2.73. The van der Waals surface area contributed by atoms with Crippen LogP contribution in [0.15, 0.2) is 12.3 Å². The second kappa shape index (κ2) is 4.74. The van der Waals surface area contributed by atoms with Gasteiger partial charge in [-0.3, -0.25) is 4.98 Å². The van der Waals surface area contributed by atoms with Crippen molar-refractivity contribution in [2.45, 2.75) is 12.1 Å². The number of nitrogens with zero attached hydrogens (tertiary/aromatic N) is 1. The van der Waals surface area contributed by atoms with E-state index in [1.54, 1.807) is 0 Å². The number of carbonyl (C=O) groups excluding carboxylic acids is 1. The van der Waals surface area contributed by atoms with E-state index < -0.39 is 12.1 Å². The summed E-state index contributed by atoms with van der Waals surface area (Å²) < 4.78 is 40.7. The fourth-order valence-corrected chi connectivity index (χ4v) is 1.61. The van der Waals surface area contributed by atoms with E-state index in [1.165, 1.54) is 6.20 Å². The standard InChI is InChI=1S/C10H8ClF3N2O2/c11-6-1-7(18-9(17)10(12,13)14)8(16-4-6)5-2-15-3-5/h1,4-5,15H,2-3H2. The smallest absolute Gasteiger partial charge is 0.418 e. The van der Waals surface area contributed by atoms with Gasteiger partial charge in [-0.15, -0.1) is 0 Å². The molecule has 0 spiro atoms. The van der Waals surface area contributed by atoms with E-state index in [0.717, 1.165) is 6.07 Å². The van der Waals surface area contributed by atoms with Gasteiger partial charge in [0, 0.05) is 31.3 Å². The number of aromatic nitrogens is 1. The molecule has 0 amide bonds. The van der Waals surface area contributed by atoms with Crippen molar-refractivity contribution in [1.82, 2.24) is 10.3 Å². The number of hydrogen-bond donors (Lipinski definition) is 1. The molecule has 2 heterocycles. The predicted octanol–water partition coefficient (Wildman–Crippen LogP) is 1.89. The highest BCUT2D eigenvalue weighted by Gasteiger charge is 2.42. The van der Waals surface area contributed by atoms with Gasteiger partial charge in [-0.1, -0.05) is 11.6 Å². The van der Waals surface area contributed by atoms with E-state index in [1.807, 2.05) is 0 Å². The van der Waals surface area contributed by atoms with Crippen LogP contribution in [-0.2, 0) is 4.79 Å². The van der Waals surface area contributed by atoms with Crippen LogP contribution in [0.5, 0.6) is 5.75 Å². The van der Waals surface area contributed by atoms with Gasteiger partial charge < -0.3 is 10.1 Å². The lowest BCUT2D eigenvalue weighted by molar-refractivity contribution is -0.189. The summed E-state index contributed by atoms with van der Waals surface area (Å²) in [5, 5.41) is 3.06. The zero-order valence-electron chi connectivity index (χ0n) is 8.92. The number of rotatable bonds is 2. The lowest BCUT2D eigenvalue weighted by Gasteiger charge is -2.27. The summed E-state index contributed by atoms with van der Waals surface area (Å²) in [4.78, 5) is 14.7. The third-order valence-corrected chi connectivity index (χ3v) is 2.66. The van der Waals surface area contributed by atoms with Crippen molar-refractivity contribution in [3.63, 3.8) is 0 Å². The molecule has 8 heteroatoms. The van der Waals surface area contributed by atoms with Crippen molar-refractivity contribution in [1.29, 1.82) is 0 Å². The molecule has 0 atom stereocenters. The molecule has 1 fully saturated rings. The predicted molar refractivity (Wildman–Crippen MR) is 56.5 cm³/mol. The third-order valence-electron chi connectivity index (χ3n) is 2.45. The molecule has 0 bridgehead atoms. The van der Waals surface area contributed by atoms with Crippen molar-refractivity contribution < 1.29 is 22.7 Å². The lowest BCUT2D eigenvalue weighted by Crippen LogP contribution is -2.40. The van der Waals surface area contributed by atoms with Gasteiger partial charge in [-0.05, 0) is 0 Å². The Bertz CT molecular complexity index is 475. The Morgan fingerprint density at radius 2 is 2.17 bits per heavy atom.